The number of aliphatic hydroxyl groups excluding tert-OH is 1. The lowest BCUT2D eigenvalue weighted by Crippen LogP contribution is -2.32. The van der Waals surface area contributed by atoms with Gasteiger partial charge in [-0.2, -0.15) is 0 Å². The van der Waals surface area contributed by atoms with Crippen LogP contribution >= 0.6 is 0 Å². The van der Waals surface area contributed by atoms with Crippen molar-refractivity contribution < 1.29 is 14.7 Å². The Morgan fingerprint density at radius 2 is 1.94 bits per heavy atom. The Hall–Kier alpha value is -1.68. The summed E-state index contributed by atoms with van der Waals surface area (Å²) < 4.78 is 0. The first-order chi connectivity index (χ1) is 8.22. The number of rotatable bonds is 3. The van der Waals surface area contributed by atoms with Crippen molar-refractivity contribution in [2.24, 2.45) is 0 Å². The number of Topliss-reactive ketones (excluding diaryl/α,β-unsaturated/α-hetero) is 1. The third kappa shape index (κ3) is 2.53. The summed E-state index contributed by atoms with van der Waals surface area (Å²) in [6.07, 6.45) is 0.798. The van der Waals surface area contributed by atoms with Crippen LogP contribution in [0, 0.1) is 0 Å². The molecule has 0 unspecified atom stereocenters. The summed E-state index contributed by atoms with van der Waals surface area (Å²) >= 11 is 0. The van der Waals surface area contributed by atoms with E-state index in [4.69, 9.17) is 5.11 Å². The van der Waals surface area contributed by atoms with E-state index in [2.05, 4.69) is 0 Å². The molecule has 1 aromatic carbocycles. The first-order valence-electron chi connectivity index (χ1n) is 5.73. The molecule has 1 aliphatic rings. The molecule has 4 heteroatoms. The van der Waals surface area contributed by atoms with E-state index in [1.165, 1.54) is 0 Å². The zero-order chi connectivity index (χ0) is 12.3. The summed E-state index contributed by atoms with van der Waals surface area (Å²) in [6.45, 7) is 0.500. The Morgan fingerprint density at radius 1 is 1.18 bits per heavy atom. The maximum absolute atomic E-state index is 11.9. The first-order valence-corrected chi connectivity index (χ1v) is 5.73. The Bertz CT molecular complexity index is 442. The summed E-state index contributed by atoms with van der Waals surface area (Å²) in [4.78, 5) is 25.1. The largest absolute Gasteiger partial charge is 0.396 e. The van der Waals surface area contributed by atoms with Crippen LogP contribution in [0.25, 0.3) is 0 Å². The van der Waals surface area contributed by atoms with Gasteiger partial charge < -0.3 is 10.0 Å². The molecule has 0 aromatic heterocycles. The van der Waals surface area contributed by atoms with Crippen molar-refractivity contribution in [3.63, 3.8) is 0 Å². The molecule has 0 saturated heterocycles. The van der Waals surface area contributed by atoms with Gasteiger partial charge in [0.2, 0.25) is 5.91 Å². The smallest absolute Gasteiger partial charge is 0.234 e. The second-order valence-corrected chi connectivity index (χ2v) is 4.14. The van der Waals surface area contributed by atoms with Crippen molar-refractivity contribution in [1.29, 1.82) is 0 Å². The van der Waals surface area contributed by atoms with Gasteiger partial charge in [-0.25, -0.2) is 0 Å². The minimum absolute atomic E-state index is 0.0416. The number of fused-ring (bicyclic) bond motifs is 1. The molecule has 0 radical (unpaired) electrons. The standard InChI is InChI=1S/C13H15NO3/c15-7-3-6-14-12-5-2-1-4-10(12)8-11(16)9-13(14)17/h1-2,4-5,15H,3,6-9H2. The van der Waals surface area contributed by atoms with Gasteiger partial charge in [0.1, 0.15) is 5.78 Å². The molecule has 17 heavy (non-hydrogen) atoms. The fraction of sp³-hybridized carbons (Fsp3) is 0.385. The van der Waals surface area contributed by atoms with E-state index in [0.29, 0.717) is 19.4 Å². The zero-order valence-electron chi connectivity index (χ0n) is 9.56. The predicted molar refractivity (Wildman–Crippen MR) is 63.8 cm³/mol. The fourth-order valence-corrected chi connectivity index (χ4v) is 2.07. The molecule has 1 aliphatic heterocycles. The number of nitrogens with zero attached hydrogens (tertiary/aromatic N) is 1. The molecule has 1 aromatic rings. The fourth-order valence-electron chi connectivity index (χ4n) is 2.07. The van der Waals surface area contributed by atoms with Crippen molar-refractivity contribution in [1.82, 2.24) is 0 Å². The van der Waals surface area contributed by atoms with Crippen molar-refractivity contribution in [3.05, 3.63) is 29.8 Å². The maximum Gasteiger partial charge on any atom is 0.234 e. The number of aliphatic hydroxyl groups is 1. The van der Waals surface area contributed by atoms with E-state index in [1.54, 1.807) is 4.90 Å². The molecule has 1 heterocycles. The molecule has 1 amide bonds. The van der Waals surface area contributed by atoms with Crippen LogP contribution in [0.1, 0.15) is 18.4 Å². The van der Waals surface area contributed by atoms with Crippen molar-refractivity contribution >= 4 is 17.4 Å². The normalized spacial score (nSPS) is 15.7. The molecule has 0 saturated carbocycles. The second-order valence-electron chi connectivity index (χ2n) is 4.14. The average molecular weight is 233 g/mol. The molecular formula is C13H15NO3. The number of benzene rings is 1. The monoisotopic (exact) mass is 233 g/mol. The number of para-hydroxylation sites is 1. The van der Waals surface area contributed by atoms with Gasteiger partial charge in [0.05, 0.1) is 6.42 Å². The molecule has 90 valence electrons. The van der Waals surface area contributed by atoms with Gasteiger partial charge in [-0.3, -0.25) is 9.59 Å². The highest BCUT2D eigenvalue weighted by atomic mass is 16.3. The summed E-state index contributed by atoms with van der Waals surface area (Å²) in [5, 5.41) is 8.85. The van der Waals surface area contributed by atoms with Gasteiger partial charge in [-0.15, -0.1) is 0 Å². The number of amides is 1. The SMILES string of the molecule is O=C1CC(=O)N(CCCO)c2ccccc2C1. The number of anilines is 1. The van der Waals surface area contributed by atoms with Crippen LogP contribution in [0.2, 0.25) is 0 Å². The number of ketones is 1. The highest BCUT2D eigenvalue weighted by Crippen LogP contribution is 2.25. The van der Waals surface area contributed by atoms with Crippen LogP contribution in [0.15, 0.2) is 24.3 Å². The van der Waals surface area contributed by atoms with Crippen LogP contribution in [0.4, 0.5) is 5.69 Å². The minimum Gasteiger partial charge on any atom is -0.396 e. The Labute approximate surface area is 99.9 Å². The Morgan fingerprint density at radius 3 is 2.71 bits per heavy atom. The number of carbonyl (C=O) groups excluding carboxylic acids is 2. The average Bonchev–Trinajstić information content (AvgIpc) is 2.42. The van der Waals surface area contributed by atoms with Gasteiger partial charge in [-0.05, 0) is 18.1 Å². The molecule has 4 nitrogen and oxygen atoms in total. The van der Waals surface area contributed by atoms with Gasteiger partial charge in [-0.1, -0.05) is 18.2 Å². The van der Waals surface area contributed by atoms with Crippen molar-refractivity contribution in [2.75, 3.05) is 18.1 Å². The maximum atomic E-state index is 11.9. The van der Waals surface area contributed by atoms with E-state index >= 15 is 0 Å². The third-order valence-corrected chi connectivity index (χ3v) is 2.86. The number of hydrogen-bond acceptors (Lipinski definition) is 3. The van der Waals surface area contributed by atoms with E-state index in [0.717, 1.165) is 11.3 Å². The van der Waals surface area contributed by atoms with Crippen molar-refractivity contribution in [2.45, 2.75) is 19.3 Å². The van der Waals surface area contributed by atoms with E-state index < -0.39 is 0 Å². The topological polar surface area (TPSA) is 57.6 Å². The molecule has 0 aliphatic carbocycles. The lowest BCUT2D eigenvalue weighted by molar-refractivity contribution is -0.126. The third-order valence-electron chi connectivity index (χ3n) is 2.86. The number of hydrogen-bond donors (Lipinski definition) is 1. The zero-order valence-corrected chi connectivity index (χ0v) is 9.56. The lowest BCUT2D eigenvalue weighted by atomic mass is 10.1. The van der Waals surface area contributed by atoms with Crippen LogP contribution in [-0.2, 0) is 16.0 Å². The van der Waals surface area contributed by atoms with Crippen LogP contribution in [0.5, 0.6) is 0 Å². The summed E-state index contributed by atoms with van der Waals surface area (Å²) in [5.74, 6) is -0.220. The molecule has 0 bridgehead atoms. The lowest BCUT2D eigenvalue weighted by Gasteiger charge is -2.22. The van der Waals surface area contributed by atoms with Crippen LogP contribution in [-0.4, -0.2) is 29.9 Å². The highest BCUT2D eigenvalue weighted by molar-refractivity contribution is 6.09. The molecular weight excluding hydrogens is 218 g/mol. The predicted octanol–water partition coefficient (Wildman–Crippen LogP) is 0.917. The quantitative estimate of drug-likeness (QED) is 0.790. The van der Waals surface area contributed by atoms with Gasteiger partial charge in [0, 0.05) is 25.3 Å². The van der Waals surface area contributed by atoms with Crippen LogP contribution in [0.3, 0.4) is 0 Å². The number of carbonyl (C=O) groups is 2. The summed E-state index contributed by atoms with van der Waals surface area (Å²) in [6, 6.07) is 7.45. The van der Waals surface area contributed by atoms with Gasteiger partial charge in [0.25, 0.3) is 0 Å². The Kier molecular flexibility index (Phi) is 3.54. The first kappa shape index (κ1) is 11.8. The second kappa shape index (κ2) is 5.10. The summed E-state index contributed by atoms with van der Waals surface area (Å²) in [7, 11) is 0. The highest BCUT2D eigenvalue weighted by Gasteiger charge is 2.25. The van der Waals surface area contributed by atoms with Gasteiger partial charge in [0.15, 0.2) is 0 Å². The Balaban J connectivity index is 2.35. The van der Waals surface area contributed by atoms with Gasteiger partial charge >= 0.3 is 0 Å². The van der Waals surface area contributed by atoms with Crippen molar-refractivity contribution in [3.8, 4) is 0 Å². The van der Waals surface area contributed by atoms with E-state index in [1.807, 2.05) is 24.3 Å². The molecule has 1 N–H and O–H groups in total. The minimum atomic E-state index is -0.173. The van der Waals surface area contributed by atoms with E-state index in [9.17, 15) is 9.59 Å². The molecule has 2 rings (SSSR count). The summed E-state index contributed by atoms with van der Waals surface area (Å²) in [5.41, 5.74) is 1.69. The van der Waals surface area contributed by atoms with E-state index in [-0.39, 0.29) is 24.7 Å². The molecule has 0 atom stereocenters. The molecule has 0 spiro atoms. The van der Waals surface area contributed by atoms with Crippen LogP contribution < -0.4 is 4.90 Å². The molecule has 0 fully saturated rings.